The molecule has 2 aromatic rings. The summed E-state index contributed by atoms with van der Waals surface area (Å²) in [7, 11) is 3.23. The first-order valence-corrected chi connectivity index (χ1v) is 8.15. The summed E-state index contributed by atoms with van der Waals surface area (Å²) < 4.78 is 10.1. The lowest BCUT2D eigenvalue weighted by atomic mass is 10.2. The molecule has 0 aliphatic carbocycles. The maximum absolute atomic E-state index is 12.1. The molecule has 132 valence electrons. The van der Waals surface area contributed by atoms with Crippen LogP contribution in [0.5, 0.6) is 5.75 Å². The first kappa shape index (κ1) is 19.1. The van der Waals surface area contributed by atoms with Crippen molar-refractivity contribution in [2.24, 2.45) is 0 Å². The molecule has 0 bridgehead atoms. The summed E-state index contributed by atoms with van der Waals surface area (Å²) in [6.07, 6.45) is 0. The van der Waals surface area contributed by atoms with E-state index in [0.29, 0.717) is 11.6 Å². The molecule has 0 saturated carbocycles. The number of likely N-dealkylation sites (N-methyl/N-ethyl adjacent to an activating group) is 1. The minimum absolute atomic E-state index is 0.236. The summed E-state index contributed by atoms with van der Waals surface area (Å²) in [5.41, 5.74) is 1.17. The van der Waals surface area contributed by atoms with Gasteiger partial charge in [0.25, 0.3) is 5.91 Å². The minimum Gasteiger partial charge on any atom is -0.497 e. The minimum atomic E-state index is -0.634. The smallest absolute Gasteiger partial charge is 0.338 e. The van der Waals surface area contributed by atoms with Crippen LogP contribution in [0.1, 0.15) is 15.9 Å². The van der Waals surface area contributed by atoms with E-state index in [-0.39, 0.29) is 23.1 Å². The highest BCUT2D eigenvalue weighted by Gasteiger charge is 2.15. The number of halogens is 2. The van der Waals surface area contributed by atoms with Crippen molar-refractivity contribution in [1.82, 2.24) is 4.90 Å². The Kier molecular flexibility index (Phi) is 6.67. The van der Waals surface area contributed by atoms with E-state index in [4.69, 9.17) is 32.7 Å². The van der Waals surface area contributed by atoms with Crippen LogP contribution in [0, 0.1) is 0 Å². The first-order valence-electron chi connectivity index (χ1n) is 7.39. The van der Waals surface area contributed by atoms with Gasteiger partial charge in [-0.15, -0.1) is 0 Å². The van der Waals surface area contributed by atoms with Crippen LogP contribution in [-0.2, 0) is 16.1 Å². The Morgan fingerprint density at radius 1 is 1.04 bits per heavy atom. The molecule has 1 amide bonds. The molecular weight excluding hydrogens is 365 g/mol. The van der Waals surface area contributed by atoms with Gasteiger partial charge >= 0.3 is 5.97 Å². The topological polar surface area (TPSA) is 55.8 Å². The van der Waals surface area contributed by atoms with Crippen molar-refractivity contribution in [3.63, 3.8) is 0 Å². The standard InChI is InChI=1S/C18H17Cl2NO4/c1-21(10-12-3-6-14(24-2)7-4-12)17(22)11-25-18(23)13-5-8-15(19)16(20)9-13/h3-9H,10-11H2,1-2H3. The van der Waals surface area contributed by atoms with Gasteiger partial charge in [0.1, 0.15) is 5.75 Å². The maximum Gasteiger partial charge on any atom is 0.338 e. The molecule has 0 spiro atoms. The van der Waals surface area contributed by atoms with E-state index in [0.717, 1.165) is 11.3 Å². The fourth-order valence-corrected chi connectivity index (χ4v) is 2.33. The molecule has 0 saturated heterocycles. The lowest BCUT2D eigenvalue weighted by molar-refractivity contribution is -0.133. The van der Waals surface area contributed by atoms with E-state index >= 15 is 0 Å². The van der Waals surface area contributed by atoms with Gasteiger partial charge in [-0.3, -0.25) is 4.79 Å². The summed E-state index contributed by atoms with van der Waals surface area (Å²) >= 11 is 11.7. The van der Waals surface area contributed by atoms with Crippen molar-refractivity contribution < 1.29 is 19.1 Å². The zero-order chi connectivity index (χ0) is 18.4. The summed E-state index contributed by atoms with van der Waals surface area (Å²) in [6.45, 7) is 0.0406. The van der Waals surface area contributed by atoms with Crippen molar-refractivity contribution in [3.8, 4) is 5.75 Å². The van der Waals surface area contributed by atoms with Crippen molar-refractivity contribution in [3.05, 3.63) is 63.6 Å². The largest absolute Gasteiger partial charge is 0.497 e. The van der Waals surface area contributed by atoms with Crippen LogP contribution in [0.4, 0.5) is 0 Å². The number of amides is 1. The van der Waals surface area contributed by atoms with E-state index in [2.05, 4.69) is 0 Å². The van der Waals surface area contributed by atoms with Crippen LogP contribution in [0.3, 0.4) is 0 Å². The average Bonchev–Trinajstić information content (AvgIpc) is 2.62. The second-order valence-corrected chi connectivity index (χ2v) is 6.12. The maximum atomic E-state index is 12.1. The van der Waals surface area contributed by atoms with E-state index in [1.807, 2.05) is 24.3 Å². The fraction of sp³-hybridized carbons (Fsp3) is 0.222. The normalized spacial score (nSPS) is 10.2. The lowest BCUT2D eigenvalue weighted by Gasteiger charge is -2.17. The van der Waals surface area contributed by atoms with Crippen molar-refractivity contribution in [1.29, 1.82) is 0 Å². The number of nitrogens with zero attached hydrogens (tertiary/aromatic N) is 1. The SMILES string of the molecule is COc1ccc(CN(C)C(=O)COC(=O)c2ccc(Cl)c(Cl)c2)cc1. The Bertz CT molecular complexity index is 762. The van der Waals surface area contributed by atoms with Gasteiger partial charge in [0, 0.05) is 13.6 Å². The van der Waals surface area contributed by atoms with Gasteiger partial charge in [-0.2, -0.15) is 0 Å². The Labute approximate surface area is 156 Å². The second-order valence-electron chi connectivity index (χ2n) is 5.30. The van der Waals surface area contributed by atoms with E-state index in [1.54, 1.807) is 14.2 Å². The molecule has 5 nitrogen and oxygen atoms in total. The van der Waals surface area contributed by atoms with E-state index in [1.165, 1.54) is 23.1 Å². The highest BCUT2D eigenvalue weighted by molar-refractivity contribution is 6.42. The van der Waals surface area contributed by atoms with Crippen molar-refractivity contribution in [2.75, 3.05) is 20.8 Å². The van der Waals surface area contributed by atoms with Crippen LogP contribution >= 0.6 is 23.2 Å². The predicted octanol–water partition coefficient (Wildman–Crippen LogP) is 3.82. The fourth-order valence-electron chi connectivity index (χ4n) is 2.04. The highest BCUT2D eigenvalue weighted by Crippen LogP contribution is 2.23. The third-order valence-electron chi connectivity index (χ3n) is 3.49. The Balaban J connectivity index is 1.87. The number of carbonyl (C=O) groups excluding carboxylic acids is 2. The average molecular weight is 382 g/mol. The summed E-state index contributed by atoms with van der Waals surface area (Å²) in [4.78, 5) is 25.5. The third-order valence-corrected chi connectivity index (χ3v) is 4.23. The molecule has 0 aliphatic rings. The summed E-state index contributed by atoms with van der Waals surface area (Å²) in [5, 5.41) is 0.590. The molecule has 0 radical (unpaired) electrons. The predicted molar refractivity (Wildman–Crippen MR) is 96.2 cm³/mol. The molecule has 25 heavy (non-hydrogen) atoms. The van der Waals surface area contributed by atoms with E-state index in [9.17, 15) is 9.59 Å². The van der Waals surface area contributed by atoms with Gasteiger partial charge in [0.05, 0.1) is 22.7 Å². The van der Waals surface area contributed by atoms with Crippen LogP contribution in [-0.4, -0.2) is 37.5 Å². The van der Waals surface area contributed by atoms with Crippen molar-refractivity contribution in [2.45, 2.75) is 6.54 Å². The van der Waals surface area contributed by atoms with Crippen LogP contribution in [0.25, 0.3) is 0 Å². The Morgan fingerprint density at radius 2 is 1.72 bits per heavy atom. The van der Waals surface area contributed by atoms with Crippen LogP contribution in [0.2, 0.25) is 10.0 Å². The molecule has 7 heteroatoms. The van der Waals surface area contributed by atoms with Gasteiger partial charge in [-0.1, -0.05) is 35.3 Å². The van der Waals surface area contributed by atoms with Crippen LogP contribution < -0.4 is 4.74 Å². The van der Waals surface area contributed by atoms with Gasteiger partial charge in [-0.05, 0) is 35.9 Å². The Hall–Kier alpha value is -2.24. The van der Waals surface area contributed by atoms with Crippen molar-refractivity contribution >= 4 is 35.1 Å². The zero-order valence-electron chi connectivity index (χ0n) is 13.8. The lowest BCUT2D eigenvalue weighted by Crippen LogP contribution is -2.30. The number of hydrogen-bond acceptors (Lipinski definition) is 4. The molecule has 2 rings (SSSR count). The molecular formula is C18H17Cl2NO4. The number of benzene rings is 2. The second kappa shape index (κ2) is 8.74. The van der Waals surface area contributed by atoms with Gasteiger partial charge in [0.2, 0.25) is 0 Å². The molecule has 0 aliphatic heterocycles. The van der Waals surface area contributed by atoms with Gasteiger partial charge in [0.15, 0.2) is 6.61 Å². The molecule has 0 heterocycles. The first-order chi connectivity index (χ1) is 11.9. The van der Waals surface area contributed by atoms with Gasteiger partial charge in [-0.25, -0.2) is 4.79 Å². The Morgan fingerprint density at radius 3 is 2.32 bits per heavy atom. The number of methoxy groups -OCH3 is 1. The summed E-state index contributed by atoms with van der Waals surface area (Å²) in [5.74, 6) is -0.206. The van der Waals surface area contributed by atoms with Gasteiger partial charge < -0.3 is 14.4 Å². The molecule has 2 aromatic carbocycles. The molecule has 0 atom stereocenters. The number of carbonyl (C=O) groups is 2. The summed E-state index contributed by atoms with van der Waals surface area (Å²) in [6, 6.07) is 11.8. The number of rotatable bonds is 6. The van der Waals surface area contributed by atoms with E-state index < -0.39 is 5.97 Å². The molecule has 0 aromatic heterocycles. The zero-order valence-corrected chi connectivity index (χ0v) is 15.3. The molecule has 0 N–H and O–H groups in total. The quantitative estimate of drug-likeness (QED) is 0.713. The van der Waals surface area contributed by atoms with Crippen LogP contribution in [0.15, 0.2) is 42.5 Å². The molecule has 0 unspecified atom stereocenters. The number of hydrogen-bond donors (Lipinski definition) is 0. The highest BCUT2D eigenvalue weighted by atomic mass is 35.5. The molecule has 0 fully saturated rings. The number of ether oxygens (including phenoxy) is 2. The monoisotopic (exact) mass is 381 g/mol. The number of esters is 1. The third kappa shape index (κ3) is 5.37.